The molecule has 1 aromatic rings. The number of nitriles is 1. The van der Waals surface area contributed by atoms with Gasteiger partial charge in [0.25, 0.3) is 0 Å². The van der Waals surface area contributed by atoms with Crippen LogP contribution in [0.1, 0.15) is 11.1 Å². The second kappa shape index (κ2) is 7.38. The van der Waals surface area contributed by atoms with Gasteiger partial charge in [-0.15, -0.1) is 0 Å². The standard InChI is InChI=1S/C12H11FN2O3S/c13-11-8(4-14)2-1-3-9(11)5-19-6-10(12(17)18)15-7-16/h1-3,7,10H,5-6H2,(H,15,16)(H,17,18). The number of hydrogen-bond acceptors (Lipinski definition) is 4. The summed E-state index contributed by atoms with van der Waals surface area (Å²) in [6, 6.07) is 5.20. The molecule has 1 rings (SSSR count). The lowest BCUT2D eigenvalue weighted by Gasteiger charge is -2.10. The van der Waals surface area contributed by atoms with Crippen molar-refractivity contribution >= 4 is 24.1 Å². The largest absolute Gasteiger partial charge is 0.480 e. The zero-order valence-electron chi connectivity index (χ0n) is 9.80. The zero-order chi connectivity index (χ0) is 14.3. The van der Waals surface area contributed by atoms with Gasteiger partial charge in [0.1, 0.15) is 17.9 Å². The molecule has 0 heterocycles. The Morgan fingerprint density at radius 3 is 2.95 bits per heavy atom. The van der Waals surface area contributed by atoms with Gasteiger partial charge in [-0.25, -0.2) is 9.18 Å². The summed E-state index contributed by atoms with van der Waals surface area (Å²) in [4.78, 5) is 21.0. The molecule has 19 heavy (non-hydrogen) atoms. The van der Waals surface area contributed by atoms with Gasteiger partial charge in [-0.2, -0.15) is 17.0 Å². The summed E-state index contributed by atoms with van der Waals surface area (Å²) in [5.41, 5.74) is 0.290. The topological polar surface area (TPSA) is 90.2 Å². The number of thioether (sulfide) groups is 1. The van der Waals surface area contributed by atoms with Gasteiger partial charge in [0.15, 0.2) is 0 Å². The molecule has 0 aliphatic heterocycles. The Hall–Kier alpha value is -2.07. The maximum Gasteiger partial charge on any atom is 0.327 e. The minimum Gasteiger partial charge on any atom is -0.480 e. The summed E-state index contributed by atoms with van der Waals surface area (Å²) < 4.78 is 13.7. The Balaban J connectivity index is 2.60. The number of carbonyl (C=O) groups is 2. The number of aliphatic carboxylic acids is 1. The normalized spacial score (nSPS) is 11.4. The number of nitrogens with one attached hydrogen (secondary N) is 1. The van der Waals surface area contributed by atoms with E-state index in [9.17, 15) is 14.0 Å². The molecule has 0 radical (unpaired) electrons. The molecule has 7 heteroatoms. The van der Waals surface area contributed by atoms with Crippen LogP contribution in [0.5, 0.6) is 0 Å². The third-order valence-corrected chi connectivity index (χ3v) is 3.39. The predicted octanol–water partition coefficient (Wildman–Crippen LogP) is 1.13. The molecule has 0 saturated heterocycles. The van der Waals surface area contributed by atoms with Crippen LogP contribution in [0, 0.1) is 17.1 Å². The van der Waals surface area contributed by atoms with E-state index >= 15 is 0 Å². The monoisotopic (exact) mass is 282 g/mol. The van der Waals surface area contributed by atoms with Crippen molar-refractivity contribution in [3.63, 3.8) is 0 Å². The third-order valence-electron chi connectivity index (χ3n) is 2.31. The first-order valence-electron chi connectivity index (χ1n) is 5.28. The molecular weight excluding hydrogens is 271 g/mol. The van der Waals surface area contributed by atoms with Crippen LogP contribution in [0.2, 0.25) is 0 Å². The molecular formula is C12H11FN2O3S. The van der Waals surface area contributed by atoms with E-state index in [1.807, 2.05) is 0 Å². The van der Waals surface area contributed by atoms with Crippen LogP contribution in [0.15, 0.2) is 18.2 Å². The molecule has 0 spiro atoms. The summed E-state index contributed by atoms with van der Waals surface area (Å²) in [5.74, 6) is -1.39. The van der Waals surface area contributed by atoms with E-state index in [1.54, 1.807) is 12.1 Å². The van der Waals surface area contributed by atoms with Crippen LogP contribution in [0.25, 0.3) is 0 Å². The van der Waals surface area contributed by atoms with Crippen molar-refractivity contribution in [2.75, 3.05) is 5.75 Å². The van der Waals surface area contributed by atoms with Gasteiger partial charge in [0, 0.05) is 11.5 Å². The second-order valence-corrected chi connectivity index (χ2v) is 4.61. The molecule has 0 fully saturated rings. The molecule has 2 N–H and O–H groups in total. The van der Waals surface area contributed by atoms with Gasteiger partial charge >= 0.3 is 5.97 Å². The van der Waals surface area contributed by atoms with E-state index in [0.717, 1.165) is 11.8 Å². The highest BCUT2D eigenvalue weighted by Crippen LogP contribution is 2.18. The average molecular weight is 282 g/mol. The first-order chi connectivity index (χ1) is 9.10. The van der Waals surface area contributed by atoms with Crippen molar-refractivity contribution in [1.82, 2.24) is 5.32 Å². The van der Waals surface area contributed by atoms with Gasteiger partial charge in [0.2, 0.25) is 6.41 Å². The lowest BCUT2D eigenvalue weighted by Crippen LogP contribution is -2.37. The average Bonchev–Trinajstić information content (AvgIpc) is 2.39. The number of rotatable bonds is 7. The van der Waals surface area contributed by atoms with Crippen LogP contribution in [-0.2, 0) is 15.3 Å². The minimum atomic E-state index is -1.15. The molecule has 0 aromatic heterocycles. The van der Waals surface area contributed by atoms with Crippen LogP contribution >= 0.6 is 11.8 Å². The summed E-state index contributed by atoms with van der Waals surface area (Å²) in [5, 5.41) is 19.6. The fourth-order valence-electron chi connectivity index (χ4n) is 1.34. The molecule has 1 amide bonds. The Morgan fingerprint density at radius 2 is 2.37 bits per heavy atom. The van der Waals surface area contributed by atoms with Crippen LogP contribution < -0.4 is 5.32 Å². The fraction of sp³-hybridized carbons (Fsp3) is 0.250. The Bertz CT molecular complexity index is 516. The Morgan fingerprint density at radius 1 is 1.63 bits per heavy atom. The van der Waals surface area contributed by atoms with E-state index in [0.29, 0.717) is 12.0 Å². The number of nitrogens with zero attached hydrogens (tertiary/aromatic N) is 1. The van der Waals surface area contributed by atoms with Gasteiger partial charge in [-0.05, 0) is 11.6 Å². The maximum atomic E-state index is 13.7. The van der Waals surface area contributed by atoms with Crippen molar-refractivity contribution in [2.45, 2.75) is 11.8 Å². The number of carboxylic acid groups (broad SMARTS) is 1. The molecule has 5 nitrogen and oxygen atoms in total. The molecule has 0 saturated carbocycles. The lowest BCUT2D eigenvalue weighted by molar-refractivity contribution is -0.139. The SMILES string of the molecule is N#Cc1cccc(CSCC(NC=O)C(=O)O)c1F. The number of carboxylic acids is 1. The predicted molar refractivity (Wildman–Crippen MR) is 67.9 cm³/mol. The number of carbonyl (C=O) groups excluding carboxylic acids is 1. The van der Waals surface area contributed by atoms with E-state index in [1.165, 1.54) is 12.1 Å². The first kappa shape index (κ1) is 15.0. The van der Waals surface area contributed by atoms with Gasteiger partial charge in [-0.1, -0.05) is 12.1 Å². The first-order valence-corrected chi connectivity index (χ1v) is 6.43. The summed E-state index contributed by atoms with van der Waals surface area (Å²) >= 11 is 1.16. The highest BCUT2D eigenvalue weighted by Gasteiger charge is 2.16. The van der Waals surface area contributed by atoms with Crippen molar-refractivity contribution in [1.29, 1.82) is 5.26 Å². The summed E-state index contributed by atoms with van der Waals surface area (Å²) in [6.07, 6.45) is 0.316. The molecule has 1 atom stereocenters. The lowest BCUT2D eigenvalue weighted by atomic mass is 10.1. The highest BCUT2D eigenvalue weighted by atomic mass is 32.2. The maximum absolute atomic E-state index is 13.7. The van der Waals surface area contributed by atoms with Crippen molar-refractivity contribution in [3.05, 3.63) is 35.1 Å². The molecule has 1 aromatic carbocycles. The second-order valence-electron chi connectivity index (χ2n) is 3.58. The number of amides is 1. The number of benzene rings is 1. The third kappa shape index (κ3) is 4.26. The fourth-order valence-corrected chi connectivity index (χ4v) is 2.37. The van der Waals surface area contributed by atoms with E-state index < -0.39 is 17.8 Å². The van der Waals surface area contributed by atoms with Gasteiger partial charge in [0.05, 0.1) is 5.56 Å². The smallest absolute Gasteiger partial charge is 0.327 e. The molecule has 100 valence electrons. The van der Waals surface area contributed by atoms with E-state index in [2.05, 4.69) is 5.32 Å². The quantitative estimate of drug-likeness (QED) is 0.732. The van der Waals surface area contributed by atoms with Crippen LogP contribution in [-0.4, -0.2) is 29.3 Å². The summed E-state index contributed by atoms with van der Waals surface area (Å²) in [6.45, 7) is 0. The molecule has 1 unspecified atom stereocenters. The Labute approximate surface area is 113 Å². The van der Waals surface area contributed by atoms with Crippen molar-refractivity contribution in [2.24, 2.45) is 0 Å². The van der Waals surface area contributed by atoms with Gasteiger partial charge in [-0.3, -0.25) is 4.79 Å². The Kier molecular flexibility index (Phi) is 5.82. The molecule has 0 bridgehead atoms. The minimum absolute atomic E-state index is 0.0427. The van der Waals surface area contributed by atoms with Crippen LogP contribution in [0.3, 0.4) is 0 Å². The molecule has 0 aliphatic rings. The molecule has 0 aliphatic carbocycles. The van der Waals surface area contributed by atoms with E-state index in [-0.39, 0.29) is 17.1 Å². The number of hydrogen-bond donors (Lipinski definition) is 2. The van der Waals surface area contributed by atoms with Gasteiger partial charge < -0.3 is 10.4 Å². The van der Waals surface area contributed by atoms with Crippen molar-refractivity contribution in [3.8, 4) is 6.07 Å². The highest BCUT2D eigenvalue weighted by molar-refractivity contribution is 7.98. The summed E-state index contributed by atoms with van der Waals surface area (Å²) in [7, 11) is 0. The van der Waals surface area contributed by atoms with Crippen molar-refractivity contribution < 1.29 is 19.1 Å². The zero-order valence-corrected chi connectivity index (χ0v) is 10.6. The number of halogens is 1. The van der Waals surface area contributed by atoms with Crippen LogP contribution in [0.4, 0.5) is 4.39 Å². The van der Waals surface area contributed by atoms with E-state index in [4.69, 9.17) is 10.4 Å².